The van der Waals surface area contributed by atoms with Gasteiger partial charge in [0.15, 0.2) is 0 Å². The minimum atomic E-state index is 0.145. The van der Waals surface area contributed by atoms with E-state index in [-0.39, 0.29) is 23.7 Å². The van der Waals surface area contributed by atoms with Gasteiger partial charge in [-0.2, -0.15) is 0 Å². The Morgan fingerprint density at radius 1 is 0.389 bits per heavy atom. The van der Waals surface area contributed by atoms with Crippen molar-refractivity contribution in [2.24, 2.45) is 35.5 Å². The lowest BCUT2D eigenvalue weighted by molar-refractivity contribution is -0.136. The van der Waals surface area contributed by atoms with Gasteiger partial charge in [0.2, 0.25) is 11.8 Å². The largest absolute Gasteiger partial charge is 0.343 e. The maximum absolute atomic E-state index is 11.7. The molecule has 0 heterocycles. The number of carbonyl (C=O) groups excluding carboxylic acids is 4. The van der Waals surface area contributed by atoms with E-state index in [0.29, 0.717) is 47.3 Å². The van der Waals surface area contributed by atoms with Crippen LogP contribution in [-0.2, 0) is 19.2 Å². The highest BCUT2D eigenvalue weighted by Gasteiger charge is 2.25. The fourth-order valence-electron chi connectivity index (χ4n) is 7.93. The Kier molecular flexibility index (Phi) is 33.7. The number of Topliss-reactive ketones (excluding diaryl/α,β-unsaturated/α-hetero) is 2. The standard InChI is InChI=1S/2C11H21NO.2C11H20O.2C2H6/c2*1-9(2)11(13)12(3)10-7-5-4-6-8-10;2*1-9(2)11(12)8-10-6-4-3-5-7-10;2*1-2/h2*9-10H,4-8H2,1-3H3;2*9-10H,3-8H2,1-2H3;2*1-2H3. The predicted molar refractivity (Wildman–Crippen MR) is 234 cm³/mol. The van der Waals surface area contributed by atoms with Crippen LogP contribution in [0.25, 0.3) is 0 Å². The van der Waals surface area contributed by atoms with Crippen molar-refractivity contribution in [3.63, 3.8) is 0 Å². The molecule has 4 saturated carbocycles. The molecule has 54 heavy (non-hydrogen) atoms. The first-order chi connectivity index (χ1) is 25.6. The van der Waals surface area contributed by atoms with E-state index >= 15 is 0 Å². The Hall–Kier alpha value is -1.72. The molecular weight excluding hydrogens is 669 g/mol. The first kappa shape index (κ1) is 54.4. The minimum Gasteiger partial charge on any atom is -0.343 e. The number of hydrogen-bond acceptors (Lipinski definition) is 4. The van der Waals surface area contributed by atoms with E-state index in [0.717, 1.165) is 12.8 Å². The van der Waals surface area contributed by atoms with Crippen LogP contribution in [0.15, 0.2) is 0 Å². The zero-order chi connectivity index (χ0) is 41.6. The molecule has 0 saturated heterocycles. The van der Waals surface area contributed by atoms with Gasteiger partial charge in [0.05, 0.1) is 0 Å². The molecule has 4 fully saturated rings. The Labute approximate surface area is 337 Å². The third kappa shape index (κ3) is 24.7. The van der Waals surface area contributed by atoms with E-state index in [1.54, 1.807) is 0 Å². The summed E-state index contributed by atoms with van der Waals surface area (Å²) in [7, 11) is 3.91. The predicted octanol–water partition coefficient (Wildman–Crippen LogP) is 13.3. The van der Waals surface area contributed by atoms with E-state index in [4.69, 9.17) is 0 Å². The van der Waals surface area contributed by atoms with Crippen molar-refractivity contribution in [3.05, 3.63) is 0 Å². The summed E-state index contributed by atoms with van der Waals surface area (Å²) in [4.78, 5) is 50.1. The Morgan fingerprint density at radius 2 is 0.611 bits per heavy atom. The summed E-state index contributed by atoms with van der Waals surface area (Å²) in [6.07, 6.45) is 27.7. The van der Waals surface area contributed by atoms with Crippen molar-refractivity contribution in [3.8, 4) is 0 Å². The van der Waals surface area contributed by atoms with Crippen LogP contribution in [0, 0.1) is 35.5 Å². The van der Waals surface area contributed by atoms with E-state index < -0.39 is 0 Å². The van der Waals surface area contributed by atoms with Crippen LogP contribution >= 0.6 is 0 Å². The molecule has 0 aromatic heterocycles. The van der Waals surface area contributed by atoms with Gasteiger partial charge in [0.1, 0.15) is 11.6 Å². The van der Waals surface area contributed by atoms with Gasteiger partial charge in [0.25, 0.3) is 0 Å². The summed E-state index contributed by atoms with van der Waals surface area (Å²) in [6, 6.07) is 1.03. The molecule has 0 unspecified atom stereocenters. The topological polar surface area (TPSA) is 74.8 Å². The Bertz CT molecular complexity index is 858. The number of rotatable bonds is 10. The second-order valence-electron chi connectivity index (χ2n) is 17.4. The fourth-order valence-corrected chi connectivity index (χ4v) is 7.93. The molecule has 0 spiro atoms. The van der Waals surface area contributed by atoms with Crippen LogP contribution in [0.1, 0.15) is 224 Å². The summed E-state index contributed by atoms with van der Waals surface area (Å²) < 4.78 is 0. The fraction of sp³-hybridized carbons (Fsp3) is 0.917. The van der Waals surface area contributed by atoms with Crippen LogP contribution in [0.5, 0.6) is 0 Å². The number of carbonyl (C=O) groups is 4. The molecule has 6 nitrogen and oxygen atoms in total. The number of ketones is 2. The first-order valence-corrected chi connectivity index (χ1v) is 23.2. The summed E-state index contributed by atoms with van der Waals surface area (Å²) in [5.41, 5.74) is 0. The van der Waals surface area contributed by atoms with E-state index in [9.17, 15) is 19.2 Å². The van der Waals surface area contributed by atoms with Gasteiger partial charge in [-0.3, -0.25) is 19.2 Å². The van der Waals surface area contributed by atoms with Crippen LogP contribution in [0.2, 0.25) is 0 Å². The van der Waals surface area contributed by atoms with Gasteiger partial charge in [-0.25, -0.2) is 0 Å². The molecule has 0 bridgehead atoms. The Balaban J connectivity index is 0. The highest BCUT2D eigenvalue weighted by molar-refractivity contribution is 5.81. The van der Waals surface area contributed by atoms with E-state index in [1.165, 1.54) is 128 Å². The molecule has 0 aliphatic heterocycles. The third-order valence-electron chi connectivity index (χ3n) is 11.6. The molecule has 4 aliphatic carbocycles. The van der Waals surface area contributed by atoms with Crippen LogP contribution in [0.3, 0.4) is 0 Å². The molecule has 320 valence electrons. The molecular formula is C48H94N2O4. The average Bonchev–Trinajstić information content (AvgIpc) is 3.20. The van der Waals surface area contributed by atoms with Crippen molar-refractivity contribution in [1.29, 1.82) is 0 Å². The number of amides is 2. The lowest BCUT2D eigenvalue weighted by Crippen LogP contribution is -2.40. The maximum atomic E-state index is 11.7. The first-order valence-electron chi connectivity index (χ1n) is 23.2. The maximum Gasteiger partial charge on any atom is 0.225 e. The SMILES string of the molecule is CC.CC.CC(C)C(=O)CC1CCCCC1.CC(C)C(=O)CC1CCCCC1.CC(C)C(=O)N(C)C1CCCCC1.CC(C)C(=O)N(C)C1CCCCC1. The molecule has 4 rings (SSSR count). The van der Waals surface area contributed by atoms with Gasteiger partial charge < -0.3 is 9.80 Å². The normalized spacial score (nSPS) is 18.3. The van der Waals surface area contributed by atoms with Crippen LogP contribution in [-0.4, -0.2) is 59.4 Å². The highest BCUT2D eigenvalue weighted by atomic mass is 16.2. The number of nitrogens with zero attached hydrogens (tertiary/aromatic N) is 2. The minimum absolute atomic E-state index is 0.145. The van der Waals surface area contributed by atoms with Crippen molar-refractivity contribution < 1.29 is 19.2 Å². The molecule has 0 aromatic rings. The second kappa shape index (κ2) is 33.4. The molecule has 0 atom stereocenters. The molecule has 2 amide bonds. The molecule has 6 heteroatoms. The average molecular weight is 763 g/mol. The Morgan fingerprint density at radius 3 is 0.815 bits per heavy atom. The van der Waals surface area contributed by atoms with E-state index in [1.807, 2.05) is 107 Å². The van der Waals surface area contributed by atoms with Crippen LogP contribution < -0.4 is 0 Å². The van der Waals surface area contributed by atoms with Crippen LogP contribution in [0.4, 0.5) is 0 Å². The van der Waals surface area contributed by atoms with Crippen molar-refractivity contribution in [2.75, 3.05) is 14.1 Å². The van der Waals surface area contributed by atoms with E-state index in [2.05, 4.69) is 0 Å². The lowest BCUT2D eigenvalue weighted by atomic mass is 9.84. The smallest absolute Gasteiger partial charge is 0.225 e. The number of hydrogen-bond donors (Lipinski definition) is 0. The van der Waals surface area contributed by atoms with Crippen molar-refractivity contribution in [1.82, 2.24) is 9.80 Å². The summed E-state index contributed by atoms with van der Waals surface area (Å²) in [5, 5.41) is 0. The van der Waals surface area contributed by atoms with Gasteiger partial charge >= 0.3 is 0 Å². The third-order valence-corrected chi connectivity index (χ3v) is 11.6. The van der Waals surface area contributed by atoms with Gasteiger partial charge in [-0.1, -0.05) is 186 Å². The monoisotopic (exact) mass is 763 g/mol. The zero-order valence-corrected chi connectivity index (χ0v) is 38.7. The second-order valence-corrected chi connectivity index (χ2v) is 17.4. The molecule has 0 radical (unpaired) electrons. The molecule has 0 N–H and O–H groups in total. The zero-order valence-electron chi connectivity index (χ0n) is 38.7. The summed E-state index contributed by atoms with van der Waals surface area (Å²) in [5.74, 6) is 3.72. The van der Waals surface area contributed by atoms with Gasteiger partial charge in [-0.05, 0) is 37.5 Å². The molecule has 0 aromatic carbocycles. The quantitative estimate of drug-likeness (QED) is 0.222. The van der Waals surface area contributed by atoms with Crippen molar-refractivity contribution in [2.45, 2.75) is 236 Å². The molecule has 4 aliphatic rings. The van der Waals surface area contributed by atoms with Gasteiger partial charge in [0, 0.05) is 62.7 Å². The highest BCUT2D eigenvalue weighted by Crippen LogP contribution is 2.28. The van der Waals surface area contributed by atoms with Gasteiger partial charge in [-0.15, -0.1) is 0 Å². The lowest BCUT2D eigenvalue weighted by Gasteiger charge is -2.32. The summed E-state index contributed by atoms with van der Waals surface area (Å²) >= 11 is 0. The van der Waals surface area contributed by atoms with Crippen molar-refractivity contribution >= 4 is 23.4 Å². The summed E-state index contributed by atoms with van der Waals surface area (Å²) in [6.45, 7) is 23.9.